The molecule has 0 aliphatic carbocycles. The van der Waals surface area contributed by atoms with Crippen molar-refractivity contribution in [2.75, 3.05) is 7.11 Å². The molecule has 2 unspecified atom stereocenters. The number of esters is 1. The Labute approximate surface area is 157 Å². The van der Waals surface area contributed by atoms with Crippen molar-refractivity contribution in [1.82, 2.24) is 0 Å². The molecule has 0 saturated carbocycles. The summed E-state index contributed by atoms with van der Waals surface area (Å²) < 4.78 is 10.5. The topological polar surface area (TPSA) is 113 Å². The molecule has 7 heteroatoms. The maximum Gasteiger partial charge on any atom is 0.342 e. The summed E-state index contributed by atoms with van der Waals surface area (Å²) >= 11 is 0. The summed E-state index contributed by atoms with van der Waals surface area (Å²) in [6.07, 6.45) is 2.19. The number of carbonyl (C=O) groups excluding carboxylic acids is 2. The number of hydrogen-bond donors (Lipinski definition) is 3. The lowest BCUT2D eigenvalue weighted by atomic mass is 9.99. The van der Waals surface area contributed by atoms with E-state index in [0.717, 1.165) is 0 Å². The maximum atomic E-state index is 12.6. The molecule has 0 radical (unpaired) electrons. The number of fused-ring (bicyclic) bond motifs is 1. The third-order valence-corrected chi connectivity index (χ3v) is 4.49. The van der Waals surface area contributed by atoms with E-state index in [1.54, 1.807) is 19.9 Å². The van der Waals surface area contributed by atoms with Crippen LogP contribution in [0.5, 0.6) is 11.5 Å². The minimum atomic E-state index is -1.56. The van der Waals surface area contributed by atoms with Crippen LogP contribution in [0.1, 0.15) is 36.2 Å². The Bertz CT molecular complexity index is 766. The van der Waals surface area contributed by atoms with Crippen LogP contribution in [0.15, 0.2) is 30.4 Å². The molecule has 0 aromatic heterocycles. The number of phenolic OH excluding ortho intramolecular Hbond substituents is 1. The second-order valence-electron chi connectivity index (χ2n) is 6.49. The van der Waals surface area contributed by atoms with E-state index < -0.39 is 30.1 Å². The Morgan fingerprint density at radius 2 is 1.85 bits per heavy atom. The zero-order valence-electron chi connectivity index (χ0n) is 15.5. The van der Waals surface area contributed by atoms with Gasteiger partial charge in [-0.2, -0.15) is 0 Å². The van der Waals surface area contributed by atoms with Crippen LogP contribution in [-0.4, -0.2) is 52.5 Å². The number of ketones is 1. The van der Waals surface area contributed by atoms with Gasteiger partial charge in [0.1, 0.15) is 29.3 Å². The SMILES string of the molecule is COc1cc(O)c2c(c1)/C=C/C[C@H](O)C(O)C(=O)/C=C\C(C)[C@H](C)OC2=O. The fourth-order valence-electron chi connectivity index (χ4n) is 2.58. The second kappa shape index (κ2) is 8.83. The molecule has 0 bridgehead atoms. The van der Waals surface area contributed by atoms with E-state index in [4.69, 9.17) is 9.47 Å². The predicted molar refractivity (Wildman–Crippen MR) is 98.5 cm³/mol. The molecule has 146 valence electrons. The molecule has 0 amide bonds. The first-order valence-corrected chi connectivity index (χ1v) is 8.61. The summed E-state index contributed by atoms with van der Waals surface area (Å²) in [6, 6.07) is 2.85. The number of aromatic hydroxyl groups is 1. The largest absolute Gasteiger partial charge is 0.507 e. The van der Waals surface area contributed by atoms with Crippen LogP contribution in [0, 0.1) is 5.92 Å². The van der Waals surface area contributed by atoms with E-state index in [0.29, 0.717) is 11.3 Å². The van der Waals surface area contributed by atoms with E-state index in [1.165, 1.54) is 37.5 Å². The van der Waals surface area contributed by atoms with E-state index >= 15 is 0 Å². The van der Waals surface area contributed by atoms with Crippen LogP contribution in [0.3, 0.4) is 0 Å². The van der Waals surface area contributed by atoms with Gasteiger partial charge in [-0.05, 0) is 31.1 Å². The van der Waals surface area contributed by atoms with Crippen LogP contribution in [0.2, 0.25) is 0 Å². The number of benzene rings is 1. The molecule has 1 aliphatic heterocycles. The molecule has 2 rings (SSSR count). The third-order valence-electron chi connectivity index (χ3n) is 4.49. The highest BCUT2D eigenvalue weighted by molar-refractivity contribution is 5.97. The smallest absolute Gasteiger partial charge is 0.342 e. The molecule has 1 aromatic carbocycles. The van der Waals surface area contributed by atoms with Gasteiger partial charge in [0.25, 0.3) is 0 Å². The molecule has 1 aromatic rings. The fourth-order valence-corrected chi connectivity index (χ4v) is 2.58. The van der Waals surface area contributed by atoms with Gasteiger partial charge in [-0.3, -0.25) is 4.79 Å². The molecule has 1 aliphatic rings. The lowest BCUT2D eigenvalue weighted by Gasteiger charge is -2.20. The van der Waals surface area contributed by atoms with Gasteiger partial charge in [-0.25, -0.2) is 4.79 Å². The van der Waals surface area contributed by atoms with Crippen molar-refractivity contribution < 1.29 is 34.4 Å². The number of phenols is 1. The average Bonchev–Trinajstić information content (AvgIpc) is 2.63. The Morgan fingerprint density at radius 1 is 1.15 bits per heavy atom. The zero-order chi connectivity index (χ0) is 20.1. The van der Waals surface area contributed by atoms with Crippen LogP contribution in [0.4, 0.5) is 0 Å². The molecular weight excluding hydrogens is 352 g/mol. The quantitative estimate of drug-likeness (QED) is 0.641. The van der Waals surface area contributed by atoms with Crippen molar-refractivity contribution in [3.63, 3.8) is 0 Å². The number of ether oxygens (including phenoxy) is 2. The predicted octanol–water partition coefficient (Wildman–Crippen LogP) is 1.85. The van der Waals surface area contributed by atoms with E-state index in [-0.39, 0.29) is 23.7 Å². The van der Waals surface area contributed by atoms with Crippen molar-refractivity contribution in [3.05, 3.63) is 41.5 Å². The molecule has 1 heterocycles. The monoisotopic (exact) mass is 376 g/mol. The fraction of sp³-hybridized carbons (Fsp3) is 0.400. The molecule has 27 heavy (non-hydrogen) atoms. The van der Waals surface area contributed by atoms with Crippen LogP contribution >= 0.6 is 0 Å². The maximum absolute atomic E-state index is 12.6. The minimum absolute atomic E-state index is 0.0286. The van der Waals surface area contributed by atoms with Crippen LogP contribution in [0.25, 0.3) is 6.08 Å². The summed E-state index contributed by atoms with van der Waals surface area (Å²) in [5, 5.41) is 30.2. The standard InChI is InChI=1S/C20H24O7/c1-11-7-8-16(22)19(24)15(21)6-4-5-13-9-14(26-3)10-17(23)18(13)20(25)27-12(11)2/h4-5,7-12,15,19,21,23-24H,6H2,1-3H3/b5-4+,8-7-/t11?,12-,15-,19?/m0/s1. The Balaban J connectivity index is 2.50. The number of cyclic esters (lactones) is 1. The molecule has 3 N–H and O–H groups in total. The number of aliphatic hydroxyl groups is 2. The lowest BCUT2D eigenvalue weighted by Crippen LogP contribution is -2.32. The zero-order valence-corrected chi connectivity index (χ0v) is 15.5. The summed E-state index contributed by atoms with van der Waals surface area (Å²) in [6.45, 7) is 3.40. The number of rotatable bonds is 1. The highest BCUT2D eigenvalue weighted by atomic mass is 16.5. The van der Waals surface area contributed by atoms with Gasteiger partial charge in [0.2, 0.25) is 0 Å². The molecule has 0 fully saturated rings. The first kappa shape index (κ1) is 20.7. The minimum Gasteiger partial charge on any atom is -0.507 e. The molecular formula is C20H24O7. The Hall–Kier alpha value is -2.64. The van der Waals surface area contributed by atoms with Gasteiger partial charge in [0, 0.05) is 12.0 Å². The Morgan fingerprint density at radius 3 is 2.52 bits per heavy atom. The van der Waals surface area contributed by atoms with Gasteiger partial charge >= 0.3 is 5.97 Å². The first-order valence-electron chi connectivity index (χ1n) is 8.61. The van der Waals surface area contributed by atoms with E-state index in [9.17, 15) is 24.9 Å². The molecule has 0 spiro atoms. The van der Waals surface area contributed by atoms with Crippen molar-refractivity contribution in [2.45, 2.75) is 38.6 Å². The van der Waals surface area contributed by atoms with Gasteiger partial charge in [-0.1, -0.05) is 25.2 Å². The average molecular weight is 376 g/mol. The van der Waals surface area contributed by atoms with Gasteiger partial charge in [0.15, 0.2) is 5.78 Å². The van der Waals surface area contributed by atoms with Gasteiger partial charge in [-0.15, -0.1) is 0 Å². The van der Waals surface area contributed by atoms with Crippen molar-refractivity contribution in [2.24, 2.45) is 5.92 Å². The number of methoxy groups -OCH3 is 1. The third kappa shape index (κ3) is 4.96. The summed E-state index contributed by atoms with van der Waals surface area (Å²) in [7, 11) is 1.42. The van der Waals surface area contributed by atoms with Crippen molar-refractivity contribution >= 4 is 17.8 Å². The summed E-state index contributed by atoms with van der Waals surface area (Å²) in [4.78, 5) is 24.6. The second-order valence-corrected chi connectivity index (χ2v) is 6.49. The highest BCUT2D eigenvalue weighted by Crippen LogP contribution is 2.30. The number of hydrogen-bond acceptors (Lipinski definition) is 7. The van der Waals surface area contributed by atoms with Crippen molar-refractivity contribution in [1.29, 1.82) is 0 Å². The molecule has 7 nitrogen and oxygen atoms in total. The first-order chi connectivity index (χ1) is 12.7. The summed E-state index contributed by atoms with van der Waals surface area (Å²) in [5.74, 6) is -1.63. The number of aliphatic hydroxyl groups excluding tert-OH is 2. The van der Waals surface area contributed by atoms with Crippen LogP contribution in [-0.2, 0) is 9.53 Å². The van der Waals surface area contributed by atoms with E-state index in [2.05, 4.69) is 0 Å². The van der Waals surface area contributed by atoms with Crippen molar-refractivity contribution in [3.8, 4) is 11.5 Å². The molecule has 0 saturated heterocycles. The highest BCUT2D eigenvalue weighted by Gasteiger charge is 2.25. The van der Waals surface area contributed by atoms with Crippen LogP contribution < -0.4 is 4.74 Å². The summed E-state index contributed by atoms with van der Waals surface area (Å²) in [5.41, 5.74) is 0.301. The molecule has 4 atom stereocenters. The number of carbonyl (C=O) groups is 2. The van der Waals surface area contributed by atoms with E-state index in [1.807, 2.05) is 0 Å². The normalized spacial score (nSPS) is 29.2. The Kier molecular flexibility index (Phi) is 6.76. The van der Waals surface area contributed by atoms with Gasteiger partial charge in [0.05, 0.1) is 13.2 Å². The lowest BCUT2D eigenvalue weighted by molar-refractivity contribution is -0.127. The van der Waals surface area contributed by atoms with Gasteiger partial charge < -0.3 is 24.8 Å².